The predicted octanol–water partition coefficient (Wildman–Crippen LogP) is 0.871. The second-order valence-corrected chi connectivity index (χ2v) is 4.20. The summed E-state index contributed by atoms with van der Waals surface area (Å²) in [6.45, 7) is 4.41. The maximum absolute atomic E-state index is 5.96. The van der Waals surface area contributed by atoms with E-state index in [4.69, 9.17) is 5.73 Å². The van der Waals surface area contributed by atoms with Crippen molar-refractivity contribution in [3.63, 3.8) is 0 Å². The minimum atomic E-state index is 0.258. The molecular weight excluding hydrogens is 150 g/mol. The van der Waals surface area contributed by atoms with Crippen LogP contribution in [0.25, 0.3) is 0 Å². The van der Waals surface area contributed by atoms with E-state index in [9.17, 15) is 0 Å². The van der Waals surface area contributed by atoms with Gasteiger partial charge >= 0.3 is 0 Å². The zero-order chi connectivity index (χ0) is 8.93. The van der Waals surface area contributed by atoms with E-state index in [2.05, 4.69) is 25.0 Å². The van der Waals surface area contributed by atoms with Crippen LogP contribution in [-0.2, 0) is 7.05 Å². The fourth-order valence-corrected chi connectivity index (χ4v) is 1.93. The Kier molecular flexibility index (Phi) is 1.37. The Morgan fingerprint density at radius 1 is 1.58 bits per heavy atom. The quantitative estimate of drug-likeness (QED) is 0.671. The van der Waals surface area contributed by atoms with Crippen LogP contribution in [0.3, 0.4) is 0 Å². The lowest BCUT2D eigenvalue weighted by Gasteiger charge is -2.01. The summed E-state index contributed by atoms with van der Waals surface area (Å²) in [7, 11) is 1.97. The molecule has 0 saturated heterocycles. The van der Waals surface area contributed by atoms with Crippen LogP contribution >= 0.6 is 0 Å². The molecule has 3 heteroatoms. The van der Waals surface area contributed by atoms with E-state index < -0.39 is 0 Å². The summed E-state index contributed by atoms with van der Waals surface area (Å²) in [5.41, 5.74) is 7.48. The van der Waals surface area contributed by atoms with Gasteiger partial charge in [-0.15, -0.1) is 0 Å². The highest BCUT2D eigenvalue weighted by molar-refractivity contribution is 5.28. The van der Waals surface area contributed by atoms with Crippen molar-refractivity contribution in [2.75, 3.05) is 0 Å². The monoisotopic (exact) mass is 165 g/mol. The van der Waals surface area contributed by atoms with Gasteiger partial charge in [-0.3, -0.25) is 4.68 Å². The number of hydrogen-bond acceptors (Lipinski definition) is 2. The lowest BCUT2D eigenvalue weighted by Crippen LogP contribution is -2.07. The van der Waals surface area contributed by atoms with Crippen LogP contribution < -0.4 is 5.73 Å². The predicted molar refractivity (Wildman–Crippen MR) is 47.7 cm³/mol. The van der Waals surface area contributed by atoms with E-state index in [0.29, 0.717) is 12.0 Å². The summed E-state index contributed by atoms with van der Waals surface area (Å²) in [6.07, 6.45) is 1.83. The molecule has 1 saturated carbocycles. The number of aromatic nitrogens is 2. The summed E-state index contributed by atoms with van der Waals surface area (Å²) < 4.78 is 1.92. The molecular formula is C9H15N3. The van der Waals surface area contributed by atoms with Crippen LogP contribution in [0.4, 0.5) is 0 Å². The smallest absolute Gasteiger partial charge is 0.0492 e. The summed E-state index contributed by atoms with van der Waals surface area (Å²) in [4.78, 5) is 0. The largest absolute Gasteiger partial charge is 0.327 e. The van der Waals surface area contributed by atoms with Crippen molar-refractivity contribution in [3.05, 3.63) is 18.0 Å². The fraction of sp³-hybridized carbons (Fsp3) is 0.667. The third-order valence-electron chi connectivity index (χ3n) is 3.09. The molecule has 12 heavy (non-hydrogen) atoms. The van der Waals surface area contributed by atoms with Crippen LogP contribution in [0.15, 0.2) is 12.3 Å². The summed E-state index contributed by atoms with van der Waals surface area (Å²) >= 11 is 0. The third kappa shape index (κ3) is 0.829. The summed E-state index contributed by atoms with van der Waals surface area (Å²) in [5, 5.41) is 4.14. The van der Waals surface area contributed by atoms with E-state index in [1.54, 1.807) is 0 Å². The molecule has 1 aromatic heterocycles. The van der Waals surface area contributed by atoms with Gasteiger partial charge in [0.25, 0.3) is 0 Å². The van der Waals surface area contributed by atoms with Crippen molar-refractivity contribution >= 4 is 0 Å². The number of rotatable bonds is 1. The first-order valence-electron chi connectivity index (χ1n) is 4.28. The highest BCUT2D eigenvalue weighted by Gasteiger charge is 2.57. The van der Waals surface area contributed by atoms with Crippen LogP contribution in [0.5, 0.6) is 0 Å². The van der Waals surface area contributed by atoms with E-state index in [-0.39, 0.29) is 5.41 Å². The molecule has 0 aromatic carbocycles. The summed E-state index contributed by atoms with van der Waals surface area (Å²) in [6, 6.07) is 2.35. The highest BCUT2D eigenvalue weighted by atomic mass is 15.3. The van der Waals surface area contributed by atoms with Gasteiger partial charge in [0.2, 0.25) is 0 Å². The minimum absolute atomic E-state index is 0.258. The van der Waals surface area contributed by atoms with E-state index in [1.807, 2.05) is 17.9 Å². The molecule has 1 aromatic rings. The van der Waals surface area contributed by atoms with Crippen LogP contribution in [0, 0.1) is 5.41 Å². The molecule has 0 radical (unpaired) electrons. The Balaban J connectivity index is 2.30. The van der Waals surface area contributed by atoms with Gasteiger partial charge < -0.3 is 5.73 Å². The van der Waals surface area contributed by atoms with Gasteiger partial charge in [-0.25, -0.2) is 0 Å². The number of nitrogens with two attached hydrogens (primary N) is 1. The second-order valence-electron chi connectivity index (χ2n) is 4.20. The molecule has 1 heterocycles. The first kappa shape index (κ1) is 7.80. The standard InChI is InChI=1S/C9H15N3/c1-9(2)7(8(9)10)6-4-5-11-12(6)3/h4-5,7-8H,10H2,1-3H3. The normalized spacial score (nSPS) is 32.0. The van der Waals surface area contributed by atoms with Crippen molar-refractivity contribution < 1.29 is 0 Å². The molecule has 66 valence electrons. The zero-order valence-electron chi connectivity index (χ0n) is 7.78. The lowest BCUT2D eigenvalue weighted by atomic mass is 10.1. The van der Waals surface area contributed by atoms with Crippen LogP contribution in [0.2, 0.25) is 0 Å². The molecule has 0 amide bonds. The van der Waals surface area contributed by atoms with Crippen molar-refractivity contribution in [1.29, 1.82) is 0 Å². The Labute approximate surface area is 72.6 Å². The lowest BCUT2D eigenvalue weighted by molar-refractivity contribution is 0.581. The Hall–Kier alpha value is -0.830. The molecule has 2 N–H and O–H groups in total. The minimum Gasteiger partial charge on any atom is -0.327 e. The van der Waals surface area contributed by atoms with Crippen LogP contribution in [0.1, 0.15) is 25.5 Å². The molecule has 2 atom stereocenters. The number of hydrogen-bond donors (Lipinski definition) is 1. The summed E-state index contributed by atoms with van der Waals surface area (Å²) in [5.74, 6) is 0.491. The molecule has 0 bridgehead atoms. The van der Waals surface area contributed by atoms with Gasteiger partial charge in [-0.2, -0.15) is 5.10 Å². The van der Waals surface area contributed by atoms with Crippen molar-refractivity contribution in [2.45, 2.75) is 25.8 Å². The molecule has 1 aliphatic rings. The number of aryl methyl sites for hydroxylation is 1. The molecule has 1 aliphatic carbocycles. The maximum Gasteiger partial charge on any atom is 0.0492 e. The topological polar surface area (TPSA) is 43.8 Å². The first-order chi connectivity index (χ1) is 5.55. The van der Waals surface area contributed by atoms with E-state index >= 15 is 0 Å². The van der Waals surface area contributed by atoms with Gasteiger partial charge in [0, 0.05) is 30.9 Å². The zero-order valence-corrected chi connectivity index (χ0v) is 7.78. The van der Waals surface area contributed by atoms with Crippen molar-refractivity contribution in [3.8, 4) is 0 Å². The average molecular weight is 165 g/mol. The maximum atomic E-state index is 5.96. The fourth-order valence-electron chi connectivity index (χ4n) is 1.93. The molecule has 2 unspecified atom stereocenters. The van der Waals surface area contributed by atoms with Crippen molar-refractivity contribution in [1.82, 2.24) is 9.78 Å². The molecule has 3 nitrogen and oxygen atoms in total. The second kappa shape index (κ2) is 2.10. The van der Waals surface area contributed by atoms with Crippen molar-refractivity contribution in [2.24, 2.45) is 18.2 Å². The molecule has 2 rings (SSSR count). The average Bonchev–Trinajstić information content (AvgIpc) is 2.39. The SMILES string of the molecule is Cn1nccc1C1C(N)C1(C)C. The molecule has 0 spiro atoms. The highest BCUT2D eigenvalue weighted by Crippen LogP contribution is 2.56. The van der Waals surface area contributed by atoms with Gasteiger partial charge in [0.05, 0.1) is 0 Å². The van der Waals surface area contributed by atoms with Crippen LogP contribution in [-0.4, -0.2) is 15.8 Å². The first-order valence-corrected chi connectivity index (χ1v) is 4.28. The third-order valence-corrected chi connectivity index (χ3v) is 3.09. The Bertz CT molecular complexity index is 300. The van der Waals surface area contributed by atoms with E-state index in [0.717, 1.165) is 0 Å². The van der Waals surface area contributed by atoms with Gasteiger partial charge in [-0.1, -0.05) is 13.8 Å². The Morgan fingerprint density at radius 2 is 2.17 bits per heavy atom. The molecule has 1 fully saturated rings. The Morgan fingerprint density at radius 3 is 2.50 bits per heavy atom. The van der Waals surface area contributed by atoms with Gasteiger partial charge in [0.15, 0.2) is 0 Å². The number of nitrogens with zero attached hydrogens (tertiary/aromatic N) is 2. The molecule has 0 aliphatic heterocycles. The van der Waals surface area contributed by atoms with E-state index in [1.165, 1.54) is 5.69 Å². The van der Waals surface area contributed by atoms with Gasteiger partial charge in [0.1, 0.15) is 0 Å². The van der Waals surface area contributed by atoms with Gasteiger partial charge in [-0.05, 0) is 11.5 Å².